The van der Waals surface area contributed by atoms with E-state index in [2.05, 4.69) is 15.3 Å². The number of rotatable bonds is 5. The molecule has 110 valence electrons. The highest BCUT2D eigenvalue weighted by atomic mass is 16.7. The van der Waals surface area contributed by atoms with Gasteiger partial charge in [-0.25, -0.2) is 4.98 Å². The third-order valence-corrected chi connectivity index (χ3v) is 2.90. The maximum absolute atomic E-state index is 5.55. The standard InChI is InChI=1S/C15H17N3O3/c1-10(2)21-13-6-7-16-15(18-13)17-8-11-4-3-5-12-14(11)20-9-19-12/h3-7,10H,8-9H2,1-2H3,(H,16,17,18). The van der Waals surface area contributed by atoms with E-state index in [9.17, 15) is 0 Å². The molecule has 1 aliphatic rings. The molecule has 0 fully saturated rings. The number of hydrogen-bond donors (Lipinski definition) is 1. The van der Waals surface area contributed by atoms with Gasteiger partial charge in [0, 0.05) is 24.4 Å². The third-order valence-electron chi connectivity index (χ3n) is 2.90. The van der Waals surface area contributed by atoms with Crippen LogP contribution in [0.4, 0.5) is 5.95 Å². The molecule has 0 aliphatic carbocycles. The van der Waals surface area contributed by atoms with Crippen LogP contribution in [0.3, 0.4) is 0 Å². The fraction of sp³-hybridized carbons (Fsp3) is 0.333. The molecule has 0 saturated heterocycles. The summed E-state index contributed by atoms with van der Waals surface area (Å²) in [5, 5.41) is 3.17. The number of hydrogen-bond acceptors (Lipinski definition) is 6. The minimum absolute atomic E-state index is 0.0793. The van der Waals surface area contributed by atoms with Gasteiger partial charge in [-0.3, -0.25) is 0 Å². The van der Waals surface area contributed by atoms with E-state index in [1.54, 1.807) is 12.3 Å². The van der Waals surface area contributed by atoms with Gasteiger partial charge in [0.2, 0.25) is 18.6 Å². The fourth-order valence-corrected chi connectivity index (χ4v) is 2.04. The predicted molar refractivity (Wildman–Crippen MR) is 77.7 cm³/mol. The van der Waals surface area contributed by atoms with Gasteiger partial charge in [0.05, 0.1) is 6.10 Å². The van der Waals surface area contributed by atoms with Crippen LogP contribution in [0.5, 0.6) is 17.4 Å². The second-order valence-electron chi connectivity index (χ2n) is 4.89. The van der Waals surface area contributed by atoms with Crippen molar-refractivity contribution in [2.75, 3.05) is 12.1 Å². The summed E-state index contributed by atoms with van der Waals surface area (Å²) in [6, 6.07) is 7.54. The quantitative estimate of drug-likeness (QED) is 0.912. The normalized spacial score (nSPS) is 12.5. The van der Waals surface area contributed by atoms with Crippen LogP contribution in [0, 0.1) is 0 Å². The molecule has 6 nitrogen and oxygen atoms in total. The van der Waals surface area contributed by atoms with Crippen LogP contribution in [0.1, 0.15) is 19.4 Å². The number of aromatic nitrogens is 2. The molecule has 0 radical (unpaired) electrons. The Morgan fingerprint density at radius 1 is 1.29 bits per heavy atom. The van der Waals surface area contributed by atoms with Crippen LogP contribution in [-0.4, -0.2) is 22.9 Å². The lowest BCUT2D eigenvalue weighted by molar-refractivity contribution is 0.173. The Hall–Kier alpha value is -2.50. The lowest BCUT2D eigenvalue weighted by Crippen LogP contribution is -2.09. The van der Waals surface area contributed by atoms with E-state index in [0.29, 0.717) is 18.4 Å². The highest BCUT2D eigenvalue weighted by Crippen LogP contribution is 2.35. The highest BCUT2D eigenvalue weighted by Gasteiger charge is 2.17. The predicted octanol–water partition coefficient (Wildman–Crippen LogP) is 2.60. The van der Waals surface area contributed by atoms with Crippen molar-refractivity contribution < 1.29 is 14.2 Å². The number of para-hydroxylation sites is 1. The number of nitrogens with zero attached hydrogens (tertiary/aromatic N) is 2. The molecule has 0 atom stereocenters. The summed E-state index contributed by atoms with van der Waals surface area (Å²) >= 11 is 0. The topological polar surface area (TPSA) is 65.5 Å². The molecule has 2 aromatic rings. The van der Waals surface area contributed by atoms with E-state index >= 15 is 0 Å². The zero-order chi connectivity index (χ0) is 14.7. The summed E-state index contributed by atoms with van der Waals surface area (Å²) in [4.78, 5) is 8.49. The van der Waals surface area contributed by atoms with E-state index in [-0.39, 0.29) is 12.9 Å². The van der Waals surface area contributed by atoms with Gasteiger partial charge in [0.15, 0.2) is 11.5 Å². The zero-order valence-corrected chi connectivity index (χ0v) is 12.0. The summed E-state index contributed by atoms with van der Waals surface area (Å²) in [6.45, 7) is 4.73. The second-order valence-corrected chi connectivity index (χ2v) is 4.89. The molecule has 6 heteroatoms. The van der Waals surface area contributed by atoms with Crippen molar-refractivity contribution in [2.24, 2.45) is 0 Å². The minimum Gasteiger partial charge on any atom is -0.475 e. The summed E-state index contributed by atoms with van der Waals surface area (Å²) < 4.78 is 16.4. The van der Waals surface area contributed by atoms with E-state index < -0.39 is 0 Å². The Morgan fingerprint density at radius 3 is 3.05 bits per heavy atom. The lowest BCUT2D eigenvalue weighted by atomic mass is 10.2. The smallest absolute Gasteiger partial charge is 0.231 e. The Balaban J connectivity index is 1.69. The van der Waals surface area contributed by atoms with Gasteiger partial charge in [-0.2, -0.15) is 4.98 Å². The van der Waals surface area contributed by atoms with Gasteiger partial charge in [-0.05, 0) is 19.9 Å². The van der Waals surface area contributed by atoms with E-state index in [4.69, 9.17) is 14.2 Å². The van der Waals surface area contributed by atoms with Gasteiger partial charge in [-0.1, -0.05) is 12.1 Å². The SMILES string of the molecule is CC(C)Oc1ccnc(NCc2cccc3c2OCO3)n1. The van der Waals surface area contributed by atoms with Crippen molar-refractivity contribution >= 4 is 5.95 Å². The van der Waals surface area contributed by atoms with Crippen molar-refractivity contribution in [3.8, 4) is 17.4 Å². The Kier molecular flexibility index (Phi) is 3.77. The molecule has 0 bridgehead atoms. The zero-order valence-electron chi connectivity index (χ0n) is 12.0. The summed E-state index contributed by atoms with van der Waals surface area (Å²) in [5.74, 6) is 2.62. The van der Waals surface area contributed by atoms with Gasteiger partial charge in [0.25, 0.3) is 0 Å². The molecule has 1 aromatic carbocycles. The molecular weight excluding hydrogens is 270 g/mol. The first-order valence-electron chi connectivity index (χ1n) is 6.83. The first-order valence-corrected chi connectivity index (χ1v) is 6.83. The van der Waals surface area contributed by atoms with E-state index in [1.807, 2.05) is 32.0 Å². The minimum atomic E-state index is 0.0793. The Labute approximate surface area is 123 Å². The Morgan fingerprint density at radius 2 is 2.19 bits per heavy atom. The monoisotopic (exact) mass is 287 g/mol. The number of nitrogens with one attached hydrogen (secondary N) is 1. The first kappa shape index (κ1) is 13.5. The molecule has 1 aliphatic heterocycles. The highest BCUT2D eigenvalue weighted by molar-refractivity contribution is 5.49. The van der Waals surface area contributed by atoms with Crippen molar-refractivity contribution in [3.05, 3.63) is 36.0 Å². The second kappa shape index (κ2) is 5.87. The molecule has 0 spiro atoms. The molecule has 0 unspecified atom stereocenters. The van der Waals surface area contributed by atoms with Gasteiger partial charge >= 0.3 is 0 Å². The van der Waals surface area contributed by atoms with Crippen molar-refractivity contribution in [1.82, 2.24) is 9.97 Å². The van der Waals surface area contributed by atoms with Crippen molar-refractivity contribution in [2.45, 2.75) is 26.5 Å². The van der Waals surface area contributed by atoms with E-state index in [1.165, 1.54) is 0 Å². The van der Waals surface area contributed by atoms with Crippen molar-refractivity contribution in [1.29, 1.82) is 0 Å². The van der Waals surface area contributed by atoms with Crippen LogP contribution in [0.15, 0.2) is 30.5 Å². The number of anilines is 1. The maximum Gasteiger partial charge on any atom is 0.231 e. The Bertz CT molecular complexity index is 631. The molecule has 21 heavy (non-hydrogen) atoms. The molecular formula is C15H17N3O3. The fourth-order valence-electron chi connectivity index (χ4n) is 2.04. The summed E-state index contributed by atoms with van der Waals surface area (Å²) in [5.41, 5.74) is 1.00. The molecule has 3 rings (SSSR count). The van der Waals surface area contributed by atoms with Gasteiger partial charge in [0.1, 0.15) is 0 Å². The summed E-state index contributed by atoms with van der Waals surface area (Å²) in [6.07, 6.45) is 1.75. The van der Waals surface area contributed by atoms with Gasteiger partial charge in [-0.15, -0.1) is 0 Å². The van der Waals surface area contributed by atoms with Crippen molar-refractivity contribution in [3.63, 3.8) is 0 Å². The molecule has 1 aromatic heterocycles. The van der Waals surface area contributed by atoms with Gasteiger partial charge < -0.3 is 19.5 Å². The molecule has 1 N–H and O–H groups in total. The number of ether oxygens (including phenoxy) is 3. The maximum atomic E-state index is 5.55. The largest absolute Gasteiger partial charge is 0.475 e. The number of fused-ring (bicyclic) bond motifs is 1. The molecule has 2 heterocycles. The molecule has 0 saturated carbocycles. The van der Waals surface area contributed by atoms with Crippen LogP contribution >= 0.6 is 0 Å². The van der Waals surface area contributed by atoms with Crippen LogP contribution in [-0.2, 0) is 6.54 Å². The summed E-state index contributed by atoms with van der Waals surface area (Å²) in [7, 11) is 0. The van der Waals surface area contributed by atoms with Crippen LogP contribution in [0.25, 0.3) is 0 Å². The van der Waals surface area contributed by atoms with Crippen LogP contribution < -0.4 is 19.5 Å². The number of benzene rings is 1. The van der Waals surface area contributed by atoms with Crippen LogP contribution in [0.2, 0.25) is 0 Å². The molecule has 0 amide bonds. The van der Waals surface area contributed by atoms with E-state index in [0.717, 1.165) is 17.1 Å². The first-order chi connectivity index (χ1) is 10.2. The lowest BCUT2D eigenvalue weighted by Gasteiger charge is -2.10. The average Bonchev–Trinajstić information content (AvgIpc) is 2.93. The average molecular weight is 287 g/mol. The third kappa shape index (κ3) is 3.16.